The third-order valence-electron chi connectivity index (χ3n) is 6.32. The topological polar surface area (TPSA) is 0 Å². The zero-order chi connectivity index (χ0) is 22.4. The fourth-order valence-corrected chi connectivity index (χ4v) is 4.86. The minimum absolute atomic E-state index is 0. The van der Waals surface area contributed by atoms with E-state index >= 15 is 0 Å². The summed E-state index contributed by atoms with van der Waals surface area (Å²) in [6.07, 6.45) is 8.80. The number of benzene rings is 2. The zero-order valence-electron chi connectivity index (χ0n) is 22.6. The van der Waals surface area contributed by atoms with E-state index < -0.39 is 0 Å². The molecule has 0 N–H and O–H groups in total. The predicted molar refractivity (Wildman–Crippen MR) is 155 cm³/mol. The maximum absolute atomic E-state index is 3.91. The van der Waals surface area contributed by atoms with Crippen molar-refractivity contribution >= 4 is 37.3 Å². The van der Waals surface area contributed by atoms with Gasteiger partial charge in [0.05, 0.1) is 0 Å². The number of fused-ring (bicyclic) bond motifs is 3. The van der Waals surface area contributed by atoms with Gasteiger partial charge in [0.15, 0.2) is 0 Å². The molecule has 0 amide bonds. The molecule has 0 saturated heterocycles. The molecule has 34 heavy (non-hydrogen) atoms. The molecule has 2 aliphatic rings. The Morgan fingerprint density at radius 2 is 1.44 bits per heavy atom. The number of hydrogen-bond donors (Lipinski definition) is 0. The molecule has 2 aromatic carbocycles. The Hall–Kier alpha value is -0.400. The van der Waals surface area contributed by atoms with Gasteiger partial charge in [-0.2, -0.15) is 6.07 Å². The Morgan fingerprint density at radius 1 is 0.853 bits per heavy atom. The zero-order valence-corrected chi connectivity index (χ0v) is 27.7. The molecule has 0 aromatic heterocycles. The van der Waals surface area contributed by atoms with Crippen LogP contribution in [0, 0.1) is 34.8 Å². The summed E-state index contributed by atoms with van der Waals surface area (Å²) < 4.78 is 0. The van der Waals surface area contributed by atoms with Gasteiger partial charge in [0.25, 0.3) is 0 Å². The van der Waals surface area contributed by atoms with E-state index in [0.29, 0.717) is 0 Å². The molecule has 2 radical (unpaired) electrons. The van der Waals surface area contributed by atoms with Crippen molar-refractivity contribution in [1.82, 2.24) is 0 Å². The van der Waals surface area contributed by atoms with Crippen molar-refractivity contribution in [2.45, 2.75) is 79.1 Å². The van der Waals surface area contributed by atoms with Crippen molar-refractivity contribution in [3.05, 3.63) is 90.2 Å². The third-order valence-corrected chi connectivity index (χ3v) is 6.32. The number of aryl methyl sites for hydroxylation is 1. The predicted octanol–water partition coefficient (Wildman–Crippen LogP) is 8.97. The van der Waals surface area contributed by atoms with Crippen molar-refractivity contribution in [3.8, 4) is 11.1 Å². The quantitative estimate of drug-likeness (QED) is 0.196. The molecule has 4 heteroatoms. The summed E-state index contributed by atoms with van der Waals surface area (Å²) in [6, 6.07) is 8.77. The van der Waals surface area contributed by atoms with Crippen molar-refractivity contribution in [2.75, 3.05) is 0 Å². The number of allylic oxidation sites excluding steroid dienone is 4. The van der Waals surface area contributed by atoms with Crippen LogP contribution in [-0.2, 0) is 40.6 Å². The molecular formula is C30H41Cl2SiZr-3. The monoisotopic (exact) mass is 589 g/mol. The SMILES string of the molecule is Cc1cc(C(C)(C)C)cc2c1-c1c([c-]c(C(C)(C)C)c(C3=CC=CC3)c1C)C2.Cl.Cl.[CH3-].[CH3-].[Si]=[Zr]. The average Bonchev–Trinajstić information content (AvgIpc) is 3.29. The molecule has 0 unspecified atom stereocenters. The second-order valence-corrected chi connectivity index (χ2v) is 10.7. The molecule has 2 aliphatic carbocycles. The normalized spacial score (nSPS) is 13.0. The number of rotatable bonds is 1. The average molecular weight is 592 g/mol. The molecule has 186 valence electrons. The summed E-state index contributed by atoms with van der Waals surface area (Å²) in [5, 5.41) is 0. The summed E-state index contributed by atoms with van der Waals surface area (Å²) >= 11 is 1.36. The summed E-state index contributed by atoms with van der Waals surface area (Å²) in [5.41, 5.74) is 14.6. The Labute approximate surface area is 239 Å². The van der Waals surface area contributed by atoms with Gasteiger partial charge >= 0.3 is 30.2 Å². The Bertz CT molecular complexity index is 1070. The van der Waals surface area contributed by atoms with E-state index in [2.05, 4.69) is 98.7 Å². The van der Waals surface area contributed by atoms with Gasteiger partial charge in [-0.05, 0) is 41.7 Å². The third kappa shape index (κ3) is 6.67. The first-order valence-corrected chi connectivity index (χ1v) is 15.0. The van der Waals surface area contributed by atoms with Crippen LogP contribution < -0.4 is 0 Å². The van der Waals surface area contributed by atoms with Gasteiger partial charge in [-0.1, -0.05) is 95.5 Å². The van der Waals surface area contributed by atoms with E-state index in [1.807, 2.05) is 0 Å². The van der Waals surface area contributed by atoms with Crippen LogP contribution in [0.25, 0.3) is 16.7 Å². The van der Waals surface area contributed by atoms with E-state index in [1.165, 1.54) is 79.0 Å². The van der Waals surface area contributed by atoms with E-state index in [-0.39, 0.29) is 50.5 Å². The van der Waals surface area contributed by atoms with E-state index in [9.17, 15) is 0 Å². The maximum atomic E-state index is 3.91. The van der Waals surface area contributed by atoms with Gasteiger partial charge in [-0.15, -0.1) is 52.6 Å². The molecule has 4 rings (SSSR count). The van der Waals surface area contributed by atoms with Crippen LogP contribution in [0.4, 0.5) is 0 Å². The first-order valence-electron chi connectivity index (χ1n) is 10.8. The van der Waals surface area contributed by atoms with Crippen LogP contribution in [0.3, 0.4) is 0 Å². The summed E-state index contributed by atoms with van der Waals surface area (Å²) in [7, 11) is 0. The summed E-state index contributed by atoms with van der Waals surface area (Å²) in [4.78, 5) is 0. The van der Waals surface area contributed by atoms with Crippen LogP contribution in [-0.4, -0.2) is 6.88 Å². The van der Waals surface area contributed by atoms with Crippen LogP contribution in [0.2, 0.25) is 0 Å². The molecule has 0 saturated carbocycles. The molecule has 0 atom stereocenters. The molecular weight excluding hydrogens is 551 g/mol. The summed E-state index contributed by atoms with van der Waals surface area (Å²) in [6.45, 7) is 21.6. The van der Waals surface area contributed by atoms with Crippen molar-refractivity contribution in [2.24, 2.45) is 0 Å². The minimum atomic E-state index is 0. The Morgan fingerprint density at radius 3 is 1.91 bits per heavy atom. The standard InChI is InChI=1S/C28H33.2CH3.2ClH.Si.Zr/c1-17-13-22(27(3,4)5)15-20-14-21-16-23(28(6,7)8)25(19-11-9-10-12-19)18(2)26(21)24(17)20;;;;;;/h9-11,13,15H,12,14H2,1-8H3;2*1H3;2*1H;;/q3*-1;;;;. The van der Waals surface area contributed by atoms with Crippen molar-refractivity contribution in [3.63, 3.8) is 0 Å². The first-order chi connectivity index (χ1) is 14.0. The van der Waals surface area contributed by atoms with Gasteiger partial charge in [-0.3, -0.25) is 0 Å². The van der Waals surface area contributed by atoms with E-state index in [0.717, 1.165) is 12.8 Å². The van der Waals surface area contributed by atoms with Gasteiger partial charge in [0, 0.05) is 0 Å². The second-order valence-electron chi connectivity index (χ2n) is 10.7. The van der Waals surface area contributed by atoms with Crippen LogP contribution in [0.5, 0.6) is 0 Å². The van der Waals surface area contributed by atoms with Crippen LogP contribution in [0.15, 0.2) is 30.4 Å². The van der Waals surface area contributed by atoms with Crippen molar-refractivity contribution < 1.29 is 23.3 Å². The van der Waals surface area contributed by atoms with Crippen molar-refractivity contribution in [1.29, 1.82) is 0 Å². The first kappa shape index (κ1) is 35.8. The number of halogens is 2. The van der Waals surface area contributed by atoms with Gasteiger partial charge < -0.3 is 14.9 Å². The summed E-state index contributed by atoms with van der Waals surface area (Å²) in [5.74, 6) is 0. The molecule has 2 aromatic rings. The molecule has 0 nitrogen and oxygen atoms in total. The van der Waals surface area contributed by atoms with E-state index in [1.54, 1.807) is 0 Å². The van der Waals surface area contributed by atoms with Gasteiger partial charge in [-0.25, -0.2) is 0 Å². The van der Waals surface area contributed by atoms with Gasteiger partial charge in [0.1, 0.15) is 0 Å². The molecule has 0 aliphatic heterocycles. The molecule has 0 bridgehead atoms. The second kappa shape index (κ2) is 13.2. The molecule has 0 fully saturated rings. The number of hydrogen-bond acceptors (Lipinski definition) is 0. The molecule has 0 spiro atoms. The Kier molecular flexibility index (Phi) is 13.9. The fraction of sp³-hybridized carbons (Fsp3) is 0.400. The van der Waals surface area contributed by atoms with Crippen LogP contribution in [0.1, 0.15) is 86.9 Å². The molecule has 0 heterocycles. The Balaban J connectivity index is 0. The van der Waals surface area contributed by atoms with E-state index in [4.69, 9.17) is 0 Å². The van der Waals surface area contributed by atoms with Crippen LogP contribution >= 0.6 is 24.8 Å². The van der Waals surface area contributed by atoms with Gasteiger partial charge in [0.2, 0.25) is 0 Å². The fourth-order valence-electron chi connectivity index (χ4n) is 4.86.